The number of nitrogens with two attached hydrogens (primary N) is 1. The van der Waals surface area contributed by atoms with Crippen LogP contribution in [0.15, 0.2) is 60.9 Å². The standard InChI is InChI=1S/C27H28N6O4/c28-25(35)22(11-15-13-29-19-7-3-1-5-17(15)19)32-27(37)23(33-26(36)21-9-10-24(34)31-21)12-16-14-30-20-8-4-2-6-18(16)20/h1-8,13-14,21-23,29-30H,9-12H2,(H2,28,35)(H,31,34)(H,32,37)(H,33,36). The zero-order chi connectivity index (χ0) is 25.9. The summed E-state index contributed by atoms with van der Waals surface area (Å²) in [6, 6.07) is 12.6. The molecule has 1 aliphatic heterocycles. The Morgan fingerprint density at radius 2 is 1.43 bits per heavy atom. The van der Waals surface area contributed by atoms with E-state index in [9.17, 15) is 19.2 Å². The number of carbonyl (C=O) groups is 4. The molecule has 0 spiro atoms. The topological polar surface area (TPSA) is 162 Å². The van der Waals surface area contributed by atoms with Crippen LogP contribution in [0.2, 0.25) is 0 Å². The number of aromatic amines is 2. The van der Waals surface area contributed by atoms with Crippen molar-refractivity contribution in [2.45, 2.75) is 43.8 Å². The van der Waals surface area contributed by atoms with Crippen LogP contribution in [0.1, 0.15) is 24.0 Å². The van der Waals surface area contributed by atoms with Gasteiger partial charge in [0.15, 0.2) is 0 Å². The number of hydrogen-bond acceptors (Lipinski definition) is 4. The predicted octanol–water partition coefficient (Wildman–Crippen LogP) is 1.17. The van der Waals surface area contributed by atoms with E-state index in [1.165, 1.54) is 0 Å². The van der Waals surface area contributed by atoms with Crippen molar-refractivity contribution >= 4 is 45.4 Å². The second-order valence-electron chi connectivity index (χ2n) is 9.31. The third-order valence-corrected chi connectivity index (χ3v) is 6.80. The summed E-state index contributed by atoms with van der Waals surface area (Å²) >= 11 is 0. The molecule has 3 atom stereocenters. The van der Waals surface area contributed by atoms with Gasteiger partial charge < -0.3 is 31.7 Å². The molecule has 0 aliphatic carbocycles. The number of para-hydroxylation sites is 2. The lowest BCUT2D eigenvalue weighted by atomic mass is 10.0. The quantitative estimate of drug-likeness (QED) is 0.203. The molecule has 4 amide bonds. The lowest BCUT2D eigenvalue weighted by molar-refractivity contribution is -0.132. The number of nitrogens with one attached hydrogen (secondary N) is 5. The van der Waals surface area contributed by atoms with Gasteiger partial charge in [0.1, 0.15) is 18.1 Å². The molecule has 0 saturated carbocycles. The van der Waals surface area contributed by atoms with Crippen molar-refractivity contribution in [3.8, 4) is 0 Å². The van der Waals surface area contributed by atoms with Gasteiger partial charge in [0, 0.05) is 53.5 Å². The number of benzene rings is 2. The molecule has 2 aromatic carbocycles. The molecule has 10 heteroatoms. The largest absolute Gasteiger partial charge is 0.368 e. The molecular formula is C27H28N6O4. The van der Waals surface area contributed by atoms with Gasteiger partial charge >= 0.3 is 0 Å². The number of carbonyl (C=O) groups excluding carboxylic acids is 4. The van der Waals surface area contributed by atoms with Crippen LogP contribution in [0.4, 0.5) is 0 Å². The van der Waals surface area contributed by atoms with Crippen LogP contribution in [0.25, 0.3) is 21.8 Å². The number of rotatable bonds is 9. The third-order valence-electron chi connectivity index (χ3n) is 6.80. The molecule has 7 N–H and O–H groups in total. The first kappa shape index (κ1) is 24.1. The highest BCUT2D eigenvalue weighted by atomic mass is 16.2. The van der Waals surface area contributed by atoms with E-state index in [1.807, 2.05) is 48.5 Å². The van der Waals surface area contributed by atoms with Crippen LogP contribution in [-0.2, 0) is 32.0 Å². The van der Waals surface area contributed by atoms with Crippen LogP contribution in [0, 0.1) is 0 Å². The van der Waals surface area contributed by atoms with Crippen LogP contribution < -0.4 is 21.7 Å². The number of aromatic nitrogens is 2. The molecule has 0 radical (unpaired) electrons. The smallest absolute Gasteiger partial charge is 0.243 e. The maximum absolute atomic E-state index is 13.5. The third kappa shape index (κ3) is 5.18. The normalized spacial score (nSPS) is 16.9. The summed E-state index contributed by atoms with van der Waals surface area (Å²) in [7, 11) is 0. The summed E-state index contributed by atoms with van der Waals surface area (Å²) in [5.41, 5.74) is 9.15. The Bertz CT molecular complexity index is 1490. The van der Waals surface area contributed by atoms with Crippen molar-refractivity contribution in [2.24, 2.45) is 5.73 Å². The first-order valence-corrected chi connectivity index (χ1v) is 12.2. The van der Waals surface area contributed by atoms with E-state index in [0.717, 1.165) is 32.9 Å². The molecule has 0 bridgehead atoms. The van der Waals surface area contributed by atoms with Gasteiger partial charge in [0.05, 0.1) is 0 Å². The first-order valence-electron chi connectivity index (χ1n) is 12.2. The SMILES string of the molecule is NC(=O)C(Cc1c[nH]c2ccccc12)NC(=O)C(Cc1c[nH]c2ccccc12)NC(=O)C1CCC(=O)N1. The van der Waals surface area contributed by atoms with E-state index in [-0.39, 0.29) is 25.2 Å². The van der Waals surface area contributed by atoms with Crippen molar-refractivity contribution in [1.29, 1.82) is 0 Å². The number of primary amides is 1. The fourth-order valence-electron chi connectivity index (χ4n) is 4.83. The number of H-pyrrole nitrogens is 2. The fraction of sp³-hybridized carbons (Fsp3) is 0.259. The first-order chi connectivity index (χ1) is 17.9. The maximum Gasteiger partial charge on any atom is 0.243 e. The molecule has 10 nitrogen and oxygen atoms in total. The molecule has 3 heterocycles. The van der Waals surface area contributed by atoms with Gasteiger partial charge in [-0.3, -0.25) is 19.2 Å². The van der Waals surface area contributed by atoms with Gasteiger partial charge in [-0.15, -0.1) is 0 Å². The Morgan fingerprint density at radius 1 is 0.865 bits per heavy atom. The lowest BCUT2D eigenvalue weighted by Crippen LogP contribution is -2.56. The number of hydrogen-bond donors (Lipinski definition) is 6. The maximum atomic E-state index is 13.5. The van der Waals surface area contributed by atoms with Crippen LogP contribution in [-0.4, -0.2) is 51.7 Å². The summed E-state index contributed by atoms with van der Waals surface area (Å²) in [5.74, 6) is -1.87. The molecule has 4 aromatic rings. The van der Waals surface area contributed by atoms with Crippen LogP contribution in [0.3, 0.4) is 0 Å². The van der Waals surface area contributed by atoms with Gasteiger partial charge in [-0.05, 0) is 29.7 Å². The summed E-state index contributed by atoms with van der Waals surface area (Å²) in [5, 5.41) is 10.0. The average molecular weight is 501 g/mol. The molecule has 2 aromatic heterocycles. The van der Waals surface area contributed by atoms with Gasteiger partial charge in [0.25, 0.3) is 0 Å². The molecule has 1 fully saturated rings. The van der Waals surface area contributed by atoms with E-state index in [4.69, 9.17) is 5.73 Å². The minimum absolute atomic E-state index is 0.181. The van der Waals surface area contributed by atoms with Crippen molar-refractivity contribution in [1.82, 2.24) is 25.9 Å². The second-order valence-corrected chi connectivity index (χ2v) is 9.31. The van der Waals surface area contributed by atoms with Gasteiger partial charge in [-0.25, -0.2) is 0 Å². The van der Waals surface area contributed by atoms with Crippen molar-refractivity contribution < 1.29 is 19.2 Å². The molecule has 1 aliphatic rings. The lowest BCUT2D eigenvalue weighted by Gasteiger charge is -2.23. The van der Waals surface area contributed by atoms with Crippen molar-refractivity contribution in [3.63, 3.8) is 0 Å². The van der Waals surface area contributed by atoms with Gasteiger partial charge in [-0.1, -0.05) is 36.4 Å². The monoisotopic (exact) mass is 500 g/mol. The van der Waals surface area contributed by atoms with E-state index < -0.39 is 35.8 Å². The zero-order valence-electron chi connectivity index (χ0n) is 20.0. The Hall–Kier alpha value is -4.60. The van der Waals surface area contributed by atoms with Crippen molar-refractivity contribution in [3.05, 3.63) is 72.1 Å². The molecule has 5 rings (SSSR count). The van der Waals surface area contributed by atoms with E-state index >= 15 is 0 Å². The van der Waals surface area contributed by atoms with Crippen molar-refractivity contribution in [2.75, 3.05) is 0 Å². The predicted molar refractivity (Wildman–Crippen MR) is 138 cm³/mol. The molecule has 3 unspecified atom stereocenters. The number of fused-ring (bicyclic) bond motifs is 2. The number of amides is 4. The van der Waals surface area contributed by atoms with Crippen LogP contribution in [0.5, 0.6) is 0 Å². The highest BCUT2D eigenvalue weighted by Crippen LogP contribution is 2.21. The second kappa shape index (κ2) is 10.2. The fourth-order valence-corrected chi connectivity index (χ4v) is 4.83. The molecular weight excluding hydrogens is 472 g/mol. The Labute approximate surface area is 212 Å². The van der Waals surface area contributed by atoms with E-state index in [1.54, 1.807) is 12.4 Å². The Kier molecular flexibility index (Phi) is 6.63. The Morgan fingerprint density at radius 3 is 1.97 bits per heavy atom. The molecule has 190 valence electrons. The van der Waals surface area contributed by atoms with E-state index in [0.29, 0.717) is 6.42 Å². The Balaban J connectivity index is 1.37. The average Bonchev–Trinajstić information content (AvgIpc) is 3.62. The van der Waals surface area contributed by atoms with Gasteiger partial charge in [-0.2, -0.15) is 0 Å². The zero-order valence-corrected chi connectivity index (χ0v) is 20.0. The minimum Gasteiger partial charge on any atom is -0.368 e. The van der Waals surface area contributed by atoms with Crippen LogP contribution >= 0.6 is 0 Å². The highest BCUT2D eigenvalue weighted by Gasteiger charge is 2.32. The minimum atomic E-state index is -0.992. The summed E-state index contributed by atoms with van der Waals surface area (Å²) in [4.78, 5) is 56.7. The molecule has 37 heavy (non-hydrogen) atoms. The van der Waals surface area contributed by atoms with E-state index in [2.05, 4.69) is 25.9 Å². The van der Waals surface area contributed by atoms with Gasteiger partial charge in [0.2, 0.25) is 23.6 Å². The summed E-state index contributed by atoms with van der Waals surface area (Å²) < 4.78 is 0. The summed E-state index contributed by atoms with van der Waals surface area (Å²) in [6.45, 7) is 0. The molecule has 1 saturated heterocycles. The summed E-state index contributed by atoms with van der Waals surface area (Å²) in [6.07, 6.45) is 4.58. The highest BCUT2D eigenvalue weighted by molar-refractivity contribution is 5.96.